The van der Waals surface area contributed by atoms with E-state index in [2.05, 4.69) is 10.1 Å². The highest BCUT2D eigenvalue weighted by atomic mass is 35.5. The highest BCUT2D eigenvalue weighted by molar-refractivity contribution is 6.31. The van der Waals surface area contributed by atoms with Gasteiger partial charge < -0.3 is 10.2 Å². The largest absolute Gasteiger partial charge is 0.417 e. The predicted molar refractivity (Wildman–Crippen MR) is 80.0 cm³/mol. The summed E-state index contributed by atoms with van der Waals surface area (Å²) in [6, 6.07) is -0.0633. The van der Waals surface area contributed by atoms with Crippen molar-refractivity contribution in [2.24, 2.45) is 0 Å². The lowest BCUT2D eigenvalue weighted by molar-refractivity contribution is -0.137. The third-order valence-corrected chi connectivity index (χ3v) is 4.39. The van der Waals surface area contributed by atoms with Gasteiger partial charge in [0.1, 0.15) is 5.82 Å². The van der Waals surface area contributed by atoms with Gasteiger partial charge in [0.15, 0.2) is 6.29 Å². The Balaban J connectivity index is 1.94. The van der Waals surface area contributed by atoms with Crippen molar-refractivity contribution in [2.75, 3.05) is 0 Å². The number of aliphatic hydroxyl groups is 2. The first-order valence-electron chi connectivity index (χ1n) is 7.44. The molecule has 136 valence electrons. The van der Waals surface area contributed by atoms with Gasteiger partial charge in [-0.25, -0.2) is 9.48 Å². The number of fused-ring (bicyclic) bond motifs is 1. The molecule has 1 aliphatic rings. The summed E-state index contributed by atoms with van der Waals surface area (Å²) in [6.07, 6.45) is -4.10. The predicted octanol–water partition coefficient (Wildman–Crippen LogP) is 1.35. The minimum Gasteiger partial charge on any atom is -0.366 e. The van der Waals surface area contributed by atoms with Gasteiger partial charge in [-0.15, -0.1) is 0 Å². The Labute approximate surface area is 144 Å². The number of aryl methyl sites for hydroxylation is 1. The number of pyridine rings is 1. The average Bonchev–Trinajstić information content (AvgIpc) is 2.84. The Morgan fingerprint density at radius 2 is 2.12 bits per heavy atom. The van der Waals surface area contributed by atoms with E-state index in [-0.39, 0.29) is 17.3 Å². The van der Waals surface area contributed by atoms with Crippen LogP contribution in [-0.4, -0.2) is 35.8 Å². The molecule has 0 aliphatic carbocycles. The summed E-state index contributed by atoms with van der Waals surface area (Å²) in [5.74, 6) is 0.386. The van der Waals surface area contributed by atoms with E-state index in [1.54, 1.807) is 0 Å². The normalized spacial score (nSPS) is 17.8. The topological polar surface area (TPSA) is 93.2 Å². The summed E-state index contributed by atoms with van der Waals surface area (Å²) in [4.78, 5) is 16.1. The first-order valence-corrected chi connectivity index (χ1v) is 7.82. The second kappa shape index (κ2) is 6.43. The lowest BCUT2D eigenvalue weighted by atomic mass is 10.0. The van der Waals surface area contributed by atoms with E-state index in [1.807, 2.05) is 0 Å². The fourth-order valence-corrected chi connectivity index (χ4v) is 3.06. The number of hydrogen-bond donors (Lipinski definition) is 2. The smallest absolute Gasteiger partial charge is 0.366 e. The van der Waals surface area contributed by atoms with Crippen LogP contribution >= 0.6 is 11.6 Å². The van der Waals surface area contributed by atoms with Crippen molar-refractivity contribution in [3.05, 3.63) is 44.9 Å². The van der Waals surface area contributed by atoms with Gasteiger partial charge in [-0.05, 0) is 18.9 Å². The quantitative estimate of drug-likeness (QED) is 0.786. The molecule has 2 aromatic heterocycles. The van der Waals surface area contributed by atoms with E-state index < -0.39 is 29.8 Å². The van der Waals surface area contributed by atoms with E-state index in [0.29, 0.717) is 31.3 Å². The van der Waals surface area contributed by atoms with Crippen LogP contribution in [0.4, 0.5) is 13.2 Å². The van der Waals surface area contributed by atoms with Crippen LogP contribution in [0, 0.1) is 0 Å². The molecule has 7 nitrogen and oxygen atoms in total. The summed E-state index contributed by atoms with van der Waals surface area (Å²) in [5, 5.41) is 22.7. The van der Waals surface area contributed by atoms with Crippen molar-refractivity contribution >= 4 is 11.6 Å². The molecule has 0 saturated heterocycles. The Kier molecular flexibility index (Phi) is 4.60. The van der Waals surface area contributed by atoms with Crippen LogP contribution in [0.2, 0.25) is 5.02 Å². The monoisotopic (exact) mass is 378 g/mol. The maximum absolute atomic E-state index is 12.6. The van der Waals surface area contributed by atoms with Crippen LogP contribution in [0.5, 0.6) is 0 Å². The van der Waals surface area contributed by atoms with Crippen molar-refractivity contribution in [1.82, 2.24) is 19.3 Å². The summed E-state index contributed by atoms with van der Waals surface area (Å²) in [7, 11) is 0. The Bertz CT molecular complexity index is 847. The molecule has 0 fully saturated rings. The molecule has 0 saturated carbocycles. The molecular weight excluding hydrogens is 365 g/mol. The lowest BCUT2D eigenvalue weighted by Crippen LogP contribution is -2.36. The number of hydrogen-bond acceptors (Lipinski definition) is 5. The fourth-order valence-electron chi connectivity index (χ4n) is 2.83. The maximum Gasteiger partial charge on any atom is 0.417 e. The van der Waals surface area contributed by atoms with Crippen LogP contribution in [-0.2, 0) is 19.1 Å². The molecule has 2 aromatic rings. The van der Waals surface area contributed by atoms with Crippen molar-refractivity contribution in [3.63, 3.8) is 0 Å². The number of halogens is 4. The molecule has 1 aliphatic heterocycles. The summed E-state index contributed by atoms with van der Waals surface area (Å²) >= 11 is 5.85. The number of alkyl halides is 3. The molecule has 0 aromatic carbocycles. The van der Waals surface area contributed by atoms with Gasteiger partial charge in [-0.3, -0.25) is 9.55 Å². The van der Waals surface area contributed by atoms with Gasteiger partial charge in [-0.1, -0.05) is 11.6 Å². The summed E-state index contributed by atoms with van der Waals surface area (Å²) in [6.45, 7) is -0.218. The Morgan fingerprint density at radius 1 is 1.40 bits per heavy atom. The number of aromatic nitrogens is 4. The molecule has 0 radical (unpaired) electrons. The van der Waals surface area contributed by atoms with Gasteiger partial charge in [0, 0.05) is 12.6 Å². The van der Waals surface area contributed by atoms with Crippen LogP contribution in [0.1, 0.15) is 36.0 Å². The summed E-state index contributed by atoms with van der Waals surface area (Å²) in [5.41, 5.74) is -1.51. The van der Waals surface area contributed by atoms with E-state index >= 15 is 0 Å². The molecule has 0 bridgehead atoms. The van der Waals surface area contributed by atoms with Gasteiger partial charge in [0.05, 0.1) is 28.9 Å². The Hall–Kier alpha value is -1.91. The highest BCUT2D eigenvalue weighted by Crippen LogP contribution is 2.31. The van der Waals surface area contributed by atoms with Crippen LogP contribution in [0.25, 0.3) is 0 Å². The zero-order valence-electron chi connectivity index (χ0n) is 12.7. The number of aliphatic hydroxyl groups excluding tert-OH is 1. The van der Waals surface area contributed by atoms with Gasteiger partial charge >= 0.3 is 11.9 Å². The molecule has 3 heterocycles. The molecule has 0 spiro atoms. The standard InChI is InChI=1S/C14H14ClF3N4O3/c15-8-4-7(14(16,17)18)5-19-9(8)6-21-13(25)22-10(12(23)24)2-1-3-11(22)20-21/h4-5,10,12,23-24H,1-3,6H2. The third kappa shape index (κ3) is 3.42. The molecule has 25 heavy (non-hydrogen) atoms. The van der Waals surface area contributed by atoms with E-state index in [1.165, 1.54) is 4.57 Å². The van der Waals surface area contributed by atoms with Gasteiger partial charge in [-0.2, -0.15) is 18.3 Å². The van der Waals surface area contributed by atoms with Gasteiger partial charge in [0.2, 0.25) is 0 Å². The van der Waals surface area contributed by atoms with E-state index in [0.717, 1.165) is 10.7 Å². The minimum atomic E-state index is -4.57. The zero-order chi connectivity index (χ0) is 18.4. The molecule has 3 rings (SSSR count). The SMILES string of the molecule is O=c1n(Cc2ncc(C(F)(F)F)cc2Cl)nc2n1C(C(O)O)CCC2. The lowest BCUT2D eigenvalue weighted by Gasteiger charge is -2.24. The first-order chi connectivity index (χ1) is 11.7. The third-order valence-electron chi connectivity index (χ3n) is 4.06. The molecule has 11 heteroatoms. The summed E-state index contributed by atoms with van der Waals surface area (Å²) < 4.78 is 40.2. The second-order valence-electron chi connectivity index (χ2n) is 5.75. The minimum absolute atomic E-state index is 0.0633. The van der Waals surface area contributed by atoms with Gasteiger partial charge in [0.25, 0.3) is 0 Å². The fraction of sp³-hybridized carbons (Fsp3) is 0.500. The Morgan fingerprint density at radius 3 is 2.72 bits per heavy atom. The van der Waals surface area contributed by atoms with Crippen LogP contribution in [0.3, 0.4) is 0 Å². The van der Waals surface area contributed by atoms with Crippen molar-refractivity contribution in [2.45, 2.75) is 44.3 Å². The molecule has 1 atom stereocenters. The maximum atomic E-state index is 12.6. The van der Waals surface area contributed by atoms with Crippen LogP contribution in [0.15, 0.2) is 17.1 Å². The molecular formula is C14H14ClF3N4O3. The molecule has 1 unspecified atom stereocenters. The van der Waals surface area contributed by atoms with Crippen molar-refractivity contribution < 1.29 is 23.4 Å². The average molecular weight is 379 g/mol. The second-order valence-corrected chi connectivity index (χ2v) is 6.16. The molecule has 0 amide bonds. The number of nitrogens with zero attached hydrogens (tertiary/aromatic N) is 4. The highest BCUT2D eigenvalue weighted by Gasteiger charge is 2.32. The van der Waals surface area contributed by atoms with E-state index in [4.69, 9.17) is 11.6 Å². The first kappa shape index (κ1) is 17.9. The van der Waals surface area contributed by atoms with Crippen LogP contribution < -0.4 is 5.69 Å². The zero-order valence-corrected chi connectivity index (χ0v) is 13.5. The van der Waals surface area contributed by atoms with E-state index in [9.17, 15) is 28.2 Å². The number of rotatable bonds is 3. The van der Waals surface area contributed by atoms with Crippen molar-refractivity contribution in [1.29, 1.82) is 0 Å². The molecule has 2 N–H and O–H groups in total. The van der Waals surface area contributed by atoms with Crippen molar-refractivity contribution in [3.8, 4) is 0 Å².